The molecule has 2 aliphatic heterocycles. The summed E-state index contributed by atoms with van der Waals surface area (Å²) in [5.74, 6) is 0. The van der Waals surface area contributed by atoms with Crippen LogP contribution in [0, 0.1) is 5.41 Å². The molecule has 90 valence electrons. The molecular weight excluding hydrogens is 196 g/mol. The van der Waals surface area contributed by atoms with Gasteiger partial charge < -0.3 is 4.74 Å². The Labute approximate surface area is 99.6 Å². The van der Waals surface area contributed by atoms with Crippen LogP contribution in [-0.2, 0) is 4.74 Å². The van der Waals surface area contributed by atoms with E-state index in [1.54, 1.807) is 0 Å². The van der Waals surface area contributed by atoms with E-state index in [1.807, 2.05) is 0 Å². The van der Waals surface area contributed by atoms with Crippen molar-refractivity contribution in [1.29, 1.82) is 0 Å². The van der Waals surface area contributed by atoms with E-state index >= 15 is 0 Å². The molecule has 0 unspecified atom stereocenters. The smallest absolute Gasteiger partial charge is 0.0872 e. The summed E-state index contributed by atoms with van der Waals surface area (Å²) in [6.45, 7) is 13.2. The summed E-state index contributed by atoms with van der Waals surface area (Å²) in [5, 5.41) is 0. The molecule has 2 fully saturated rings. The molecule has 2 heterocycles. The predicted molar refractivity (Wildman–Crippen MR) is 68.4 cm³/mol. The maximum Gasteiger partial charge on any atom is 0.0872 e. The molecule has 16 heavy (non-hydrogen) atoms. The van der Waals surface area contributed by atoms with Gasteiger partial charge in [-0.25, -0.2) is 0 Å². The molecule has 2 bridgehead atoms. The van der Waals surface area contributed by atoms with Gasteiger partial charge in [-0.1, -0.05) is 25.2 Å². The number of allylic oxidation sites excluding steroid dienone is 2. The second-order valence-electron chi connectivity index (χ2n) is 6.09. The monoisotopic (exact) mass is 220 g/mol. The van der Waals surface area contributed by atoms with E-state index in [1.165, 1.54) is 24.0 Å². The highest BCUT2D eigenvalue weighted by Gasteiger charge is 2.57. The van der Waals surface area contributed by atoms with Crippen LogP contribution >= 0.6 is 0 Å². The minimum Gasteiger partial charge on any atom is -0.367 e. The summed E-state index contributed by atoms with van der Waals surface area (Å²) in [6.07, 6.45) is 7.43. The molecule has 0 amide bonds. The lowest BCUT2D eigenvalue weighted by Crippen LogP contribution is -2.34. The van der Waals surface area contributed by atoms with Gasteiger partial charge in [0.25, 0.3) is 0 Å². The van der Waals surface area contributed by atoms with E-state index in [4.69, 9.17) is 4.74 Å². The first kappa shape index (κ1) is 11.9. The Morgan fingerprint density at radius 2 is 2.19 bits per heavy atom. The average Bonchev–Trinajstić information content (AvgIpc) is 2.66. The molecule has 3 atom stereocenters. The highest BCUT2D eigenvalue weighted by Crippen LogP contribution is 2.58. The van der Waals surface area contributed by atoms with Gasteiger partial charge in [0.1, 0.15) is 0 Å². The van der Waals surface area contributed by atoms with Gasteiger partial charge in [0.2, 0.25) is 0 Å². The normalized spacial score (nSPS) is 41.5. The van der Waals surface area contributed by atoms with E-state index in [9.17, 15) is 0 Å². The van der Waals surface area contributed by atoms with Crippen molar-refractivity contribution in [2.24, 2.45) is 5.41 Å². The van der Waals surface area contributed by atoms with E-state index in [0.29, 0.717) is 6.10 Å². The van der Waals surface area contributed by atoms with Crippen molar-refractivity contribution in [2.45, 2.75) is 65.1 Å². The van der Waals surface area contributed by atoms with E-state index in [0.717, 1.165) is 12.8 Å². The second kappa shape index (κ2) is 3.73. The summed E-state index contributed by atoms with van der Waals surface area (Å²) in [6, 6.07) is 0. The zero-order valence-electron chi connectivity index (χ0n) is 11.1. The summed E-state index contributed by atoms with van der Waals surface area (Å²) >= 11 is 0. The van der Waals surface area contributed by atoms with Gasteiger partial charge in [-0.2, -0.15) is 0 Å². The molecule has 0 aromatic carbocycles. The highest BCUT2D eigenvalue weighted by atomic mass is 16.5. The molecule has 2 aliphatic rings. The Kier molecular flexibility index (Phi) is 2.78. The summed E-state index contributed by atoms with van der Waals surface area (Å²) < 4.78 is 6.12. The van der Waals surface area contributed by atoms with Crippen molar-refractivity contribution >= 4 is 0 Å². The van der Waals surface area contributed by atoms with E-state index < -0.39 is 0 Å². The molecule has 0 saturated carbocycles. The van der Waals surface area contributed by atoms with Crippen molar-refractivity contribution in [1.82, 2.24) is 0 Å². The third-order valence-corrected chi connectivity index (χ3v) is 4.54. The Balaban J connectivity index is 2.09. The number of rotatable bonds is 3. The minimum atomic E-state index is -0.0234. The zero-order chi connectivity index (χ0) is 12.0. The molecule has 0 aromatic heterocycles. The molecule has 2 saturated heterocycles. The lowest BCUT2D eigenvalue weighted by atomic mass is 9.66. The maximum absolute atomic E-state index is 6.12. The van der Waals surface area contributed by atoms with E-state index in [-0.39, 0.29) is 11.0 Å². The molecule has 0 radical (unpaired) electrons. The Morgan fingerprint density at radius 1 is 1.50 bits per heavy atom. The average molecular weight is 220 g/mol. The molecule has 0 spiro atoms. The van der Waals surface area contributed by atoms with Gasteiger partial charge in [-0.15, -0.1) is 0 Å². The first-order chi connectivity index (χ1) is 7.38. The van der Waals surface area contributed by atoms with Crippen molar-refractivity contribution < 1.29 is 4.74 Å². The number of fused-ring (bicyclic) bond motifs is 2. The SMILES string of the molecule is C=C1[C@]2(C)CC[C@@H](O2)[C@]1(C)CCC=C(C)C. The van der Waals surface area contributed by atoms with Gasteiger partial charge in [0, 0.05) is 5.41 Å². The third kappa shape index (κ3) is 1.66. The highest BCUT2D eigenvalue weighted by molar-refractivity contribution is 5.31. The van der Waals surface area contributed by atoms with E-state index in [2.05, 4.69) is 40.3 Å². The van der Waals surface area contributed by atoms with Crippen molar-refractivity contribution in [3.63, 3.8) is 0 Å². The van der Waals surface area contributed by atoms with Crippen LogP contribution in [0.5, 0.6) is 0 Å². The predicted octanol–water partition coefficient (Wildman–Crippen LogP) is 4.25. The van der Waals surface area contributed by atoms with Crippen LogP contribution in [0.25, 0.3) is 0 Å². The van der Waals surface area contributed by atoms with Crippen LogP contribution in [0.1, 0.15) is 53.4 Å². The lowest BCUT2D eigenvalue weighted by Gasteiger charge is -2.35. The van der Waals surface area contributed by atoms with Gasteiger partial charge >= 0.3 is 0 Å². The third-order valence-electron chi connectivity index (χ3n) is 4.54. The van der Waals surface area contributed by atoms with Crippen LogP contribution in [-0.4, -0.2) is 11.7 Å². The van der Waals surface area contributed by atoms with Crippen LogP contribution < -0.4 is 0 Å². The number of ether oxygens (including phenoxy) is 1. The fourth-order valence-electron chi connectivity index (χ4n) is 3.28. The molecular formula is C15H24O. The van der Waals surface area contributed by atoms with Crippen molar-refractivity contribution in [2.75, 3.05) is 0 Å². The van der Waals surface area contributed by atoms with Gasteiger partial charge in [-0.3, -0.25) is 0 Å². The largest absolute Gasteiger partial charge is 0.367 e. The summed E-state index contributed by atoms with van der Waals surface area (Å²) in [4.78, 5) is 0. The van der Waals surface area contributed by atoms with Crippen molar-refractivity contribution in [3.05, 3.63) is 23.8 Å². The van der Waals surface area contributed by atoms with Crippen molar-refractivity contribution in [3.8, 4) is 0 Å². The topological polar surface area (TPSA) is 9.23 Å². The summed E-state index contributed by atoms with van der Waals surface area (Å²) in [7, 11) is 0. The molecule has 0 aromatic rings. The Morgan fingerprint density at radius 3 is 2.69 bits per heavy atom. The molecule has 1 nitrogen and oxygen atoms in total. The lowest BCUT2D eigenvalue weighted by molar-refractivity contribution is 0.0187. The standard InChI is InChI=1S/C15H24O/c1-11(2)7-6-9-14(4)12(3)15(5)10-8-13(14)16-15/h7,13H,3,6,8-10H2,1-2,4-5H3/t13-,14-,15+/m1/s1. The first-order valence-electron chi connectivity index (χ1n) is 6.39. The molecule has 1 heteroatoms. The quantitative estimate of drug-likeness (QED) is 0.646. The van der Waals surface area contributed by atoms with Gasteiger partial charge in [0.15, 0.2) is 0 Å². The van der Waals surface area contributed by atoms with Gasteiger partial charge in [0.05, 0.1) is 11.7 Å². The zero-order valence-corrected chi connectivity index (χ0v) is 11.1. The number of hydrogen-bond acceptors (Lipinski definition) is 1. The maximum atomic E-state index is 6.12. The fraction of sp³-hybridized carbons (Fsp3) is 0.733. The molecule has 0 aliphatic carbocycles. The fourth-order valence-corrected chi connectivity index (χ4v) is 3.28. The van der Waals surface area contributed by atoms with Crippen LogP contribution in [0.4, 0.5) is 0 Å². The molecule has 2 rings (SSSR count). The van der Waals surface area contributed by atoms with Gasteiger partial charge in [-0.05, 0) is 52.0 Å². The molecule has 0 N–H and O–H groups in total. The Hall–Kier alpha value is -0.560. The summed E-state index contributed by atoms with van der Waals surface area (Å²) in [5.41, 5.74) is 2.92. The van der Waals surface area contributed by atoms with Crippen LogP contribution in [0.15, 0.2) is 23.8 Å². The number of hydrogen-bond donors (Lipinski definition) is 0. The minimum absolute atomic E-state index is 0.0234. The first-order valence-corrected chi connectivity index (χ1v) is 6.39. The van der Waals surface area contributed by atoms with Crippen LogP contribution in [0.3, 0.4) is 0 Å². The second-order valence-corrected chi connectivity index (χ2v) is 6.09. The Bertz CT molecular complexity index is 337. The van der Waals surface area contributed by atoms with Crippen LogP contribution in [0.2, 0.25) is 0 Å².